The number of aromatic nitrogens is 1. The summed E-state index contributed by atoms with van der Waals surface area (Å²) in [7, 11) is 1.34. The molecule has 0 saturated carbocycles. The van der Waals surface area contributed by atoms with Crippen molar-refractivity contribution in [3.8, 4) is 11.6 Å². The Morgan fingerprint density at radius 3 is 2.56 bits per heavy atom. The van der Waals surface area contributed by atoms with Gasteiger partial charge in [-0.05, 0) is 13.3 Å². The molecule has 0 saturated heterocycles. The number of pyridine rings is 1. The van der Waals surface area contributed by atoms with Crippen molar-refractivity contribution in [3.63, 3.8) is 0 Å². The van der Waals surface area contributed by atoms with Crippen LogP contribution in [0.1, 0.15) is 49.9 Å². The molecule has 0 fully saturated rings. The van der Waals surface area contributed by atoms with E-state index < -0.39 is 18.0 Å². The van der Waals surface area contributed by atoms with E-state index in [1.165, 1.54) is 19.4 Å². The Balaban J connectivity index is 2.47. The predicted molar refractivity (Wildman–Crippen MR) is 95.9 cm³/mol. The molecule has 9 nitrogen and oxygen atoms in total. The Kier molecular flexibility index (Phi) is 10.3. The van der Waals surface area contributed by atoms with Gasteiger partial charge in [0, 0.05) is 12.3 Å². The average molecular weight is 382 g/mol. The molecule has 0 aliphatic carbocycles. The first-order valence-corrected chi connectivity index (χ1v) is 8.84. The molecule has 0 unspecified atom stereocenters. The molecule has 0 aliphatic heterocycles. The molecular formula is C18H26N2O7. The van der Waals surface area contributed by atoms with Crippen molar-refractivity contribution in [2.45, 2.75) is 39.5 Å². The topological polar surface area (TPSA) is 113 Å². The Labute approximate surface area is 158 Å². The lowest BCUT2D eigenvalue weighted by molar-refractivity contribution is -0.142. The van der Waals surface area contributed by atoms with E-state index in [0.29, 0.717) is 6.61 Å². The maximum absolute atomic E-state index is 11.8. The molecule has 0 aliphatic rings. The summed E-state index contributed by atoms with van der Waals surface area (Å²) in [6.07, 6.45) is 4.27. The largest absolute Gasteiger partial charge is 0.491 e. The molecule has 0 aromatic carbocycles. The third-order valence-electron chi connectivity index (χ3n) is 3.38. The Hall–Kier alpha value is -2.84. The van der Waals surface area contributed by atoms with E-state index in [2.05, 4.69) is 17.2 Å². The van der Waals surface area contributed by atoms with Crippen molar-refractivity contribution in [2.75, 3.05) is 26.9 Å². The zero-order valence-corrected chi connectivity index (χ0v) is 15.9. The zero-order chi connectivity index (χ0) is 20.1. The average Bonchev–Trinajstić information content (AvgIpc) is 2.66. The molecule has 0 bridgehead atoms. The summed E-state index contributed by atoms with van der Waals surface area (Å²) in [5, 5.41) is 2.27. The highest BCUT2D eigenvalue weighted by molar-refractivity contribution is 5.89. The highest BCUT2D eigenvalue weighted by atomic mass is 16.6. The van der Waals surface area contributed by atoms with Crippen molar-refractivity contribution in [2.24, 2.45) is 0 Å². The number of hydrogen-bond acceptors (Lipinski definition) is 8. The standard InChI is InChI=1S/C18H26N2O7/c1-4-6-7-8-9-26-15(21)12-20-18(23)27-16-14(24-3)10-13(11-19-16)17(22)25-5-2/h10-11H,4-9,12H2,1-3H3,(H,20,23). The van der Waals surface area contributed by atoms with Crippen molar-refractivity contribution < 1.29 is 33.3 Å². The van der Waals surface area contributed by atoms with E-state index in [4.69, 9.17) is 18.9 Å². The minimum Gasteiger partial charge on any atom is -0.491 e. The molecule has 1 amide bonds. The maximum Gasteiger partial charge on any atom is 0.414 e. The van der Waals surface area contributed by atoms with Gasteiger partial charge in [-0.1, -0.05) is 26.2 Å². The number of hydrogen-bond donors (Lipinski definition) is 1. The highest BCUT2D eigenvalue weighted by Crippen LogP contribution is 2.25. The molecule has 150 valence electrons. The maximum atomic E-state index is 11.8. The molecule has 0 atom stereocenters. The van der Waals surface area contributed by atoms with Crippen LogP contribution in [0.4, 0.5) is 4.79 Å². The summed E-state index contributed by atoms with van der Waals surface area (Å²) < 4.78 is 19.9. The SMILES string of the molecule is CCCCCCOC(=O)CNC(=O)Oc1ncc(C(=O)OCC)cc1OC. The fourth-order valence-corrected chi connectivity index (χ4v) is 2.02. The number of rotatable bonds is 11. The van der Waals surface area contributed by atoms with Crippen LogP contribution in [0.5, 0.6) is 11.6 Å². The summed E-state index contributed by atoms with van der Waals surface area (Å²) in [6.45, 7) is 3.99. The lowest BCUT2D eigenvalue weighted by Crippen LogP contribution is -2.33. The van der Waals surface area contributed by atoms with Crippen LogP contribution in [-0.4, -0.2) is 49.9 Å². The van der Waals surface area contributed by atoms with E-state index in [0.717, 1.165) is 25.7 Å². The zero-order valence-electron chi connectivity index (χ0n) is 15.9. The fourth-order valence-electron chi connectivity index (χ4n) is 2.02. The molecule has 1 N–H and O–H groups in total. The molecular weight excluding hydrogens is 356 g/mol. The number of carbonyl (C=O) groups excluding carboxylic acids is 3. The van der Waals surface area contributed by atoms with E-state index in [9.17, 15) is 14.4 Å². The van der Waals surface area contributed by atoms with Crippen LogP contribution in [0, 0.1) is 0 Å². The summed E-state index contributed by atoms with van der Waals surface area (Å²) in [4.78, 5) is 38.9. The van der Waals surface area contributed by atoms with Crippen LogP contribution in [-0.2, 0) is 14.3 Å². The van der Waals surface area contributed by atoms with Gasteiger partial charge in [-0.2, -0.15) is 0 Å². The second kappa shape index (κ2) is 12.5. The van der Waals surface area contributed by atoms with Gasteiger partial charge < -0.3 is 24.3 Å². The van der Waals surface area contributed by atoms with Gasteiger partial charge in [0.15, 0.2) is 5.75 Å². The molecule has 1 heterocycles. The Bertz CT molecular complexity index is 634. The molecule has 27 heavy (non-hydrogen) atoms. The Morgan fingerprint density at radius 2 is 1.89 bits per heavy atom. The number of methoxy groups -OCH3 is 1. The van der Waals surface area contributed by atoms with Crippen LogP contribution in [0.3, 0.4) is 0 Å². The molecule has 1 aromatic rings. The summed E-state index contributed by atoms with van der Waals surface area (Å²) >= 11 is 0. The molecule has 1 aromatic heterocycles. The molecule has 1 rings (SSSR count). The van der Waals surface area contributed by atoms with E-state index >= 15 is 0 Å². The number of amides is 1. The minimum absolute atomic E-state index is 0.0780. The normalized spacial score (nSPS) is 10.0. The van der Waals surface area contributed by atoms with Gasteiger partial charge in [0.25, 0.3) is 5.88 Å². The van der Waals surface area contributed by atoms with E-state index in [1.807, 2.05) is 0 Å². The van der Waals surface area contributed by atoms with E-state index in [-0.39, 0.29) is 30.3 Å². The van der Waals surface area contributed by atoms with Crippen molar-refractivity contribution in [1.82, 2.24) is 10.3 Å². The number of carbonyl (C=O) groups is 3. The van der Waals surface area contributed by atoms with Crippen LogP contribution >= 0.6 is 0 Å². The summed E-state index contributed by atoms with van der Waals surface area (Å²) in [5.74, 6) is -1.19. The number of esters is 2. The summed E-state index contributed by atoms with van der Waals surface area (Å²) in [5.41, 5.74) is 0.160. The lowest BCUT2D eigenvalue weighted by Gasteiger charge is -2.10. The van der Waals surface area contributed by atoms with Gasteiger partial charge in [0.2, 0.25) is 0 Å². The third kappa shape index (κ3) is 8.39. The monoisotopic (exact) mass is 382 g/mol. The van der Waals surface area contributed by atoms with Gasteiger partial charge in [0.05, 0.1) is 25.9 Å². The first-order chi connectivity index (χ1) is 13.0. The minimum atomic E-state index is -0.896. The fraction of sp³-hybridized carbons (Fsp3) is 0.556. The quantitative estimate of drug-likeness (QED) is 0.459. The molecule has 0 spiro atoms. The lowest BCUT2D eigenvalue weighted by atomic mass is 10.2. The van der Waals surface area contributed by atoms with Crippen molar-refractivity contribution in [1.29, 1.82) is 0 Å². The third-order valence-corrected chi connectivity index (χ3v) is 3.38. The first-order valence-electron chi connectivity index (χ1n) is 8.84. The number of unbranched alkanes of at least 4 members (excludes halogenated alkanes) is 3. The van der Waals surface area contributed by atoms with Gasteiger partial charge in [-0.25, -0.2) is 14.6 Å². The van der Waals surface area contributed by atoms with Crippen LogP contribution in [0.2, 0.25) is 0 Å². The Morgan fingerprint density at radius 1 is 1.11 bits per heavy atom. The second-order valence-corrected chi connectivity index (χ2v) is 5.48. The second-order valence-electron chi connectivity index (χ2n) is 5.48. The number of ether oxygens (including phenoxy) is 4. The highest BCUT2D eigenvalue weighted by Gasteiger charge is 2.16. The number of nitrogens with zero attached hydrogens (tertiary/aromatic N) is 1. The van der Waals surface area contributed by atoms with Crippen LogP contribution in [0.15, 0.2) is 12.3 Å². The van der Waals surface area contributed by atoms with Gasteiger partial charge >= 0.3 is 18.0 Å². The van der Waals surface area contributed by atoms with Crippen molar-refractivity contribution >= 4 is 18.0 Å². The smallest absolute Gasteiger partial charge is 0.414 e. The number of nitrogens with one attached hydrogen (secondary N) is 1. The molecule has 0 radical (unpaired) electrons. The van der Waals surface area contributed by atoms with Gasteiger partial charge in [-0.15, -0.1) is 0 Å². The van der Waals surface area contributed by atoms with Crippen LogP contribution in [0.25, 0.3) is 0 Å². The van der Waals surface area contributed by atoms with Crippen LogP contribution < -0.4 is 14.8 Å². The first kappa shape index (κ1) is 22.2. The van der Waals surface area contributed by atoms with Gasteiger partial charge in [-0.3, -0.25) is 4.79 Å². The van der Waals surface area contributed by atoms with Crippen molar-refractivity contribution in [3.05, 3.63) is 17.8 Å². The predicted octanol–water partition coefficient (Wildman–Crippen LogP) is 2.48. The van der Waals surface area contributed by atoms with Gasteiger partial charge in [0.1, 0.15) is 6.54 Å². The van der Waals surface area contributed by atoms with E-state index in [1.54, 1.807) is 6.92 Å². The summed E-state index contributed by atoms with van der Waals surface area (Å²) in [6, 6.07) is 1.35. The molecule has 9 heteroatoms.